The molecule has 7 heteroatoms. The van der Waals surface area contributed by atoms with Gasteiger partial charge in [0.2, 0.25) is 0 Å². The molecule has 20 heavy (non-hydrogen) atoms. The van der Waals surface area contributed by atoms with E-state index in [0.29, 0.717) is 24.8 Å². The van der Waals surface area contributed by atoms with Crippen LogP contribution < -0.4 is 0 Å². The molecule has 0 spiro atoms. The number of hydrogen-bond donors (Lipinski definition) is 0. The van der Waals surface area contributed by atoms with Crippen LogP contribution in [0.15, 0.2) is 10.3 Å². The van der Waals surface area contributed by atoms with Gasteiger partial charge in [-0.2, -0.15) is 0 Å². The van der Waals surface area contributed by atoms with Gasteiger partial charge < -0.3 is 19.5 Å². The van der Waals surface area contributed by atoms with Crippen LogP contribution in [0.25, 0.3) is 0 Å². The maximum Gasteiger partial charge on any atom is 0.277 e. The van der Waals surface area contributed by atoms with Gasteiger partial charge >= 0.3 is 0 Å². The van der Waals surface area contributed by atoms with Crippen LogP contribution in [0.5, 0.6) is 0 Å². The van der Waals surface area contributed by atoms with Crippen molar-refractivity contribution in [2.75, 3.05) is 41.4 Å². The van der Waals surface area contributed by atoms with Gasteiger partial charge in [0.1, 0.15) is 19.9 Å². The van der Waals surface area contributed by atoms with Crippen molar-refractivity contribution in [1.82, 2.24) is 9.80 Å². The van der Waals surface area contributed by atoms with E-state index in [-0.39, 0.29) is 11.6 Å². The van der Waals surface area contributed by atoms with E-state index in [0.717, 1.165) is 12.8 Å². The summed E-state index contributed by atoms with van der Waals surface area (Å²) in [6, 6.07) is 0.524. The lowest BCUT2D eigenvalue weighted by atomic mass is 10.0. The Bertz CT molecular complexity index is 385. The molecule has 1 amide bonds. The Morgan fingerprint density at radius 2 is 1.70 bits per heavy atom. The van der Waals surface area contributed by atoms with E-state index in [2.05, 4.69) is 29.3 Å². The van der Waals surface area contributed by atoms with Gasteiger partial charge in [0, 0.05) is 19.1 Å². The molecule has 7 nitrogen and oxygen atoms in total. The van der Waals surface area contributed by atoms with Crippen molar-refractivity contribution in [2.45, 2.75) is 25.8 Å². The zero-order valence-electron chi connectivity index (χ0n) is 12.9. The van der Waals surface area contributed by atoms with E-state index in [9.17, 15) is 4.79 Å². The molecule has 0 aromatic rings. The van der Waals surface area contributed by atoms with Crippen molar-refractivity contribution >= 4 is 17.3 Å². The second-order valence-electron chi connectivity index (χ2n) is 4.97. The number of carbonyl (C=O) groups is 1. The highest BCUT2D eigenvalue weighted by atomic mass is 16.6. The molecule has 0 unspecified atom stereocenters. The minimum atomic E-state index is -0.164. The lowest BCUT2D eigenvalue weighted by molar-refractivity contribution is -0.125. The van der Waals surface area contributed by atoms with Gasteiger partial charge in [0.15, 0.2) is 5.71 Å². The third-order valence-electron chi connectivity index (χ3n) is 3.44. The minimum absolute atomic E-state index is 0.164. The molecule has 0 saturated carbocycles. The molecule has 1 aliphatic heterocycles. The molecule has 0 N–H and O–H groups in total. The van der Waals surface area contributed by atoms with Gasteiger partial charge in [-0.25, -0.2) is 0 Å². The quantitative estimate of drug-likeness (QED) is 0.546. The van der Waals surface area contributed by atoms with E-state index in [1.54, 1.807) is 11.8 Å². The fourth-order valence-corrected chi connectivity index (χ4v) is 2.27. The van der Waals surface area contributed by atoms with Gasteiger partial charge in [-0.1, -0.05) is 10.3 Å². The van der Waals surface area contributed by atoms with Gasteiger partial charge in [0.25, 0.3) is 5.91 Å². The van der Waals surface area contributed by atoms with Crippen LogP contribution in [0.4, 0.5) is 0 Å². The monoisotopic (exact) mass is 284 g/mol. The third kappa shape index (κ3) is 4.19. The lowest BCUT2D eigenvalue weighted by Crippen LogP contribution is -2.47. The molecule has 0 atom stereocenters. The van der Waals surface area contributed by atoms with Gasteiger partial charge in [-0.15, -0.1) is 0 Å². The normalized spacial score (nSPS) is 18.4. The largest absolute Gasteiger partial charge is 0.399 e. The summed E-state index contributed by atoms with van der Waals surface area (Å²) in [5, 5.41) is 7.53. The van der Waals surface area contributed by atoms with E-state index in [1.165, 1.54) is 14.2 Å². The lowest BCUT2D eigenvalue weighted by Gasteiger charge is -2.35. The fourth-order valence-electron chi connectivity index (χ4n) is 2.27. The Hall–Kier alpha value is -1.63. The van der Waals surface area contributed by atoms with E-state index < -0.39 is 0 Å². The van der Waals surface area contributed by atoms with E-state index in [4.69, 9.17) is 9.68 Å². The summed E-state index contributed by atoms with van der Waals surface area (Å²) < 4.78 is 0. The highest BCUT2D eigenvalue weighted by Crippen LogP contribution is 2.14. The zero-order chi connectivity index (χ0) is 15.1. The molecule has 1 rings (SSSR count). The Kier molecular flexibility index (Phi) is 6.44. The maximum atomic E-state index is 12.4. The molecular formula is C13H24N4O3. The number of likely N-dealkylation sites (tertiary alicyclic amines) is 1. The first-order valence-corrected chi connectivity index (χ1v) is 6.66. The number of carbonyl (C=O) groups excluding carboxylic acids is 1. The molecule has 1 fully saturated rings. The molecule has 1 heterocycles. The third-order valence-corrected chi connectivity index (χ3v) is 3.44. The predicted molar refractivity (Wildman–Crippen MR) is 77.9 cm³/mol. The topological polar surface area (TPSA) is 66.7 Å². The number of hydrogen-bond acceptors (Lipinski definition) is 6. The van der Waals surface area contributed by atoms with Gasteiger partial charge in [-0.3, -0.25) is 4.79 Å². The molecule has 0 radical (unpaired) electrons. The first kappa shape index (κ1) is 16.4. The molecular weight excluding hydrogens is 260 g/mol. The van der Waals surface area contributed by atoms with E-state index >= 15 is 0 Å². The number of amides is 1. The summed E-state index contributed by atoms with van der Waals surface area (Å²) >= 11 is 0. The predicted octanol–water partition coefficient (Wildman–Crippen LogP) is 0.564. The number of nitrogens with zero attached hydrogens (tertiary/aromatic N) is 4. The summed E-state index contributed by atoms with van der Waals surface area (Å²) in [5.74, 6) is -0.164. The Morgan fingerprint density at radius 3 is 2.15 bits per heavy atom. The summed E-state index contributed by atoms with van der Waals surface area (Å²) in [6.45, 7) is 3.10. The maximum absolute atomic E-state index is 12.4. The Labute approximate surface area is 120 Å². The van der Waals surface area contributed by atoms with Crippen molar-refractivity contribution in [2.24, 2.45) is 10.3 Å². The Balaban J connectivity index is 2.73. The smallest absolute Gasteiger partial charge is 0.277 e. The summed E-state index contributed by atoms with van der Waals surface area (Å²) in [6.07, 6.45) is 1.92. The second kappa shape index (κ2) is 7.84. The first-order chi connectivity index (χ1) is 9.51. The molecule has 114 valence electrons. The van der Waals surface area contributed by atoms with Crippen molar-refractivity contribution in [3.05, 3.63) is 0 Å². The highest BCUT2D eigenvalue weighted by Gasteiger charge is 2.28. The minimum Gasteiger partial charge on any atom is -0.399 e. The zero-order valence-corrected chi connectivity index (χ0v) is 12.9. The van der Waals surface area contributed by atoms with Crippen molar-refractivity contribution in [1.29, 1.82) is 0 Å². The number of oxime groups is 2. The number of piperidine rings is 1. The second-order valence-corrected chi connectivity index (χ2v) is 4.97. The molecule has 1 aliphatic rings. The van der Waals surface area contributed by atoms with Crippen LogP contribution in [0.2, 0.25) is 0 Å². The van der Waals surface area contributed by atoms with Crippen molar-refractivity contribution in [3.8, 4) is 0 Å². The van der Waals surface area contributed by atoms with Gasteiger partial charge in [-0.05, 0) is 33.9 Å². The fraction of sp³-hybridized carbons (Fsp3) is 0.769. The average Bonchev–Trinajstić information content (AvgIpc) is 2.44. The standard InChI is InChI=1S/C13H24N4O3/c1-10(14-19-4)12(15-20-5)13(18)17-8-6-11(7-9-17)16(2)3/h11H,6-9H2,1-5H3/b14-10+,15-12+. The number of rotatable bonds is 5. The van der Waals surface area contributed by atoms with Crippen molar-refractivity contribution < 1.29 is 14.5 Å². The van der Waals surface area contributed by atoms with Crippen LogP contribution >= 0.6 is 0 Å². The van der Waals surface area contributed by atoms with Crippen LogP contribution in [0.1, 0.15) is 19.8 Å². The van der Waals surface area contributed by atoms with Crippen LogP contribution in [0.3, 0.4) is 0 Å². The highest BCUT2D eigenvalue weighted by molar-refractivity contribution is 6.66. The Morgan fingerprint density at radius 1 is 1.15 bits per heavy atom. The van der Waals surface area contributed by atoms with Gasteiger partial charge in [0.05, 0.1) is 0 Å². The molecule has 0 aliphatic carbocycles. The molecule has 0 bridgehead atoms. The molecule has 0 aromatic carbocycles. The summed E-state index contributed by atoms with van der Waals surface area (Å²) in [4.78, 5) is 25.9. The molecule has 0 aromatic heterocycles. The molecule has 1 saturated heterocycles. The first-order valence-electron chi connectivity index (χ1n) is 6.66. The van der Waals surface area contributed by atoms with Crippen LogP contribution in [-0.4, -0.2) is 74.6 Å². The van der Waals surface area contributed by atoms with E-state index in [1.807, 2.05) is 0 Å². The van der Waals surface area contributed by atoms with Crippen molar-refractivity contribution in [3.63, 3.8) is 0 Å². The van der Waals surface area contributed by atoms with Crippen LogP contribution in [-0.2, 0) is 14.5 Å². The summed E-state index contributed by atoms with van der Waals surface area (Å²) in [5.41, 5.74) is 0.603. The van der Waals surface area contributed by atoms with Crippen LogP contribution in [0, 0.1) is 0 Å². The average molecular weight is 284 g/mol. The summed E-state index contributed by atoms with van der Waals surface area (Å²) in [7, 11) is 6.97. The SMILES string of the molecule is CO/N=C(C)/C(=N\OC)C(=O)N1CCC(N(C)C)CC1.